The number of ether oxygens (including phenoxy) is 1. The van der Waals surface area contributed by atoms with Crippen molar-refractivity contribution in [3.05, 3.63) is 63.9 Å². The molecular formula is C24H29N3O3S. The predicted molar refractivity (Wildman–Crippen MR) is 126 cm³/mol. The van der Waals surface area contributed by atoms with E-state index in [1.54, 1.807) is 10.6 Å². The number of nitrogens with zero attached hydrogens (tertiary/aromatic N) is 2. The van der Waals surface area contributed by atoms with Gasteiger partial charge in [-0.3, -0.25) is 14.2 Å². The van der Waals surface area contributed by atoms with E-state index in [4.69, 9.17) is 9.72 Å². The maximum absolute atomic E-state index is 13.3. The first-order chi connectivity index (χ1) is 14.8. The molecule has 1 amide bonds. The quantitative estimate of drug-likeness (QED) is 0.310. The normalized spacial score (nSPS) is 11.3. The second-order valence-corrected chi connectivity index (χ2v) is 8.75. The number of fused-ring (bicyclic) bond motifs is 1. The molecule has 0 saturated carbocycles. The minimum Gasteiger partial charge on any atom is -0.379 e. The summed E-state index contributed by atoms with van der Waals surface area (Å²) < 4.78 is 7.09. The van der Waals surface area contributed by atoms with Crippen LogP contribution >= 0.6 is 11.8 Å². The average Bonchev–Trinajstić information content (AvgIpc) is 2.71. The zero-order chi connectivity index (χ0) is 22.4. The van der Waals surface area contributed by atoms with Crippen molar-refractivity contribution in [2.24, 2.45) is 0 Å². The molecule has 0 saturated heterocycles. The highest BCUT2D eigenvalue weighted by Gasteiger charge is 2.15. The van der Waals surface area contributed by atoms with E-state index in [0.717, 1.165) is 23.2 Å². The zero-order valence-electron chi connectivity index (χ0n) is 18.5. The molecule has 0 unspecified atom stereocenters. The molecule has 0 spiro atoms. The predicted octanol–water partition coefficient (Wildman–Crippen LogP) is 4.03. The highest BCUT2D eigenvalue weighted by atomic mass is 32.2. The smallest absolute Gasteiger partial charge is 0.266 e. The van der Waals surface area contributed by atoms with Crippen molar-refractivity contribution < 1.29 is 9.53 Å². The highest BCUT2D eigenvalue weighted by molar-refractivity contribution is 7.99. The monoisotopic (exact) mass is 439 g/mol. The summed E-state index contributed by atoms with van der Waals surface area (Å²) in [5.74, 6) is 0.0876. The molecule has 0 bridgehead atoms. The molecule has 0 atom stereocenters. The lowest BCUT2D eigenvalue weighted by Crippen LogP contribution is -2.28. The van der Waals surface area contributed by atoms with Crippen molar-refractivity contribution in [2.75, 3.05) is 18.9 Å². The summed E-state index contributed by atoms with van der Waals surface area (Å²) in [5, 5.41) is 3.96. The van der Waals surface area contributed by atoms with E-state index in [2.05, 4.69) is 11.4 Å². The molecule has 0 aliphatic carbocycles. The minimum atomic E-state index is -0.135. The average molecular weight is 440 g/mol. The standard InChI is InChI=1S/C24H29N3O3S/c1-16(2)30-11-7-10-25-22(28)15-31-24-26-21-9-6-5-8-20(21)23(29)27(24)19-13-17(3)12-18(4)14-19/h5-6,8-9,12-14,16H,7,10-11,15H2,1-4H3,(H,25,28). The summed E-state index contributed by atoms with van der Waals surface area (Å²) in [6.45, 7) is 9.14. The molecule has 0 radical (unpaired) electrons. The van der Waals surface area contributed by atoms with E-state index in [1.807, 2.05) is 58.0 Å². The van der Waals surface area contributed by atoms with Gasteiger partial charge < -0.3 is 10.1 Å². The van der Waals surface area contributed by atoms with Gasteiger partial charge >= 0.3 is 0 Å². The lowest BCUT2D eigenvalue weighted by Gasteiger charge is -2.14. The van der Waals surface area contributed by atoms with Crippen LogP contribution in [0.5, 0.6) is 0 Å². The second-order valence-electron chi connectivity index (χ2n) is 7.81. The summed E-state index contributed by atoms with van der Waals surface area (Å²) in [5.41, 5.74) is 3.38. The molecule has 1 aromatic heterocycles. The van der Waals surface area contributed by atoms with Crippen molar-refractivity contribution in [1.29, 1.82) is 0 Å². The topological polar surface area (TPSA) is 73.2 Å². The fourth-order valence-corrected chi connectivity index (χ4v) is 4.16. The molecule has 3 aromatic rings. The Morgan fingerprint density at radius 3 is 2.58 bits per heavy atom. The Morgan fingerprint density at radius 1 is 1.16 bits per heavy atom. The third kappa shape index (κ3) is 6.18. The zero-order valence-corrected chi connectivity index (χ0v) is 19.3. The highest BCUT2D eigenvalue weighted by Crippen LogP contribution is 2.22. The number of rotatable bonds is 9. The summed E-state index contributed by atoms with van der Waals surface area (Å²) in [7, 11) is 0. The van der Waals surface area contributed by atoms with Gasteiger partial charge in [0.15, 0.2) is 5.16 Å². The van der Waals surface area contributed by atoms with Crippen molar-refractivity contribution in [1.82, 2.24) is 14.9 Å². The van der Waals surface area contributed by atoms with Gasteiger partial charge in [-0.1, -0.05) is 30.0 Å². The summed E-state index contributed by atoms with van der Waals surface area (Å²) in [6.07, 6.45) is 0.947. The SMILES string of the molecule is Cc1cc(C)cc(-n2c(SCC(=O)NCCCOC(C)C)nc3ccccc3c2=O)c1. The minimum absolute atomic E-state index is 0.0936. The van der Waals surface area contributed by atoms with Gasteiger partial charge in [0.2, 0.25) is 5.91 Å². The van der Waals surface area contributed by atoms with Gasteiger partial charge in [0, 0.05) is 13.2 Å². The molecule has 0 aliphatic heterocycles. The van der Waals surface area contributed by atoms with Crippen LogP contribution in [0.25, 0.3) is 16.6 Å². The van der Waals surface area contributed by atoms with Crippen LogP contribution in [0.2, 0.25) is 0 Å². The number of amides is 1. The molecule has 7 heteroatoms. The van der Waals surface area contributed by atoms with E-state index in [9.17, 15) is 9.59 Å². The summed E-state index contributed by atoms with van der Waals surface area (Å²) in [4.78, 5) is 30.3. The maximum atomic E-state index is 13.3. The van der Waals surface area contributed by atoms with Gasteiger partial charge in [-0.25, -0.2) is 4.98 Å². The Bertz CT molecular complexity index is 1100. The molecule has 1 N–H and O–H groups in total. The van der Waals surface area contributed by atoms with Crippen molar-refractivity contribution in [3.63, 3.8) is 0 Å². The van der Waals surface area contributed by atoms with Gasteiger partial charge in [-0.15, -0.1) is 0 Å². The van der Waals surface area contributed by atoms with Crippen LogP contribution in [0.1, 0.15) is 31.4 Å². The van der Waals surface area contributed by atoms with Gasteiger partial charge in [0.25, 0.3) is 5.56 Å². The van der Waals surface area contributed by atoms with Crippen LogP contribution in [-0.2, 0) is 9.53 Å². The lowest BCUT2D eigenvalue weighted by atomic mass is 10.1. The van der Waals surface area contributed by atoms with E-state index < -0.39 is 0 Å². The van der Waals surface area contributed by atoms with E-state index >= 15 is 0 Å². The number of aromatic nitrogens is 2. The number of aryl methyl sites for hydroxylation is 2. The van der Waals surface area contributed by atoms with Gasteiger partial charge in [0.05, 0.1) is 28.4 Å². The molecule has 0 fully saturated rings. The molecule has 2 aromatic carbocycles. The Labute approximate surface area is 187 Å². The van der Waals surface area contributed by atoms with E-state index in [1.165, 1.54) is 11.8 Å². The number of carbonyl (C=O) groups is 1. The number of hydrogen-bond acceptors (Lipinski definition) is 5. The third-order valence-electron chi connectivity index (χ3n) is 4.64. The number of carbonyl (C=O) groups excluding carboxylic acids is 1. The van der Waals surface area contributed by atoms with Crippen molar-refractivity contribution in [3.8, 4) is 5.69 Å². The van der Waals surface area contributed by atoms with Crippen LogP contribution in [0, 0.1) is 13.8 Å². The molecule has 31 heavy (non-hydrogen) atoms. The molecule has 6 nitrogen and oxygen atoms in total. The maximum Gasteiger partial charge on any atom is 0.266 e. The summed E-state index contributed by atoms with van der Waals surface area (Å²) >= 11 is 1.27. The van der Waals surface area contributed by atoms with Gasteiger partial charge in [-0.2, -0.15) is 0 Å². The largest absolute Gasteiger partial charge is 0.379 e. The first-order valence-corrected chi connectivity index (χ1v) is 11.5. The van der Waals surface area contributed by atoms with Crippen molar-refractivity contribution >= 4 is 28.6 Å². The molecule has 3 rings (SSSR count). The Hall–Kier alpha value is -2.64. The first-order valence-electron chi connectivity index (χ1n) is 10.5. The molecule has 0 aliphatic rings. The van der Waals surface area contributed by atoms with E-state index in [-0.39, 0.29) is 23.3 Å². The van der Waals surface area contributed by atoms with Gasteiger partial charge in [-0.05, 0) is 69.5 Å². The third-order valence-corrected chi connectivity index (χ3v) is 5.57. The number of hydrogen-bond donors (Lipinski definition) is 1. The molecular weight excluding hydrogens is 410 g/mol. The number of benzene rings is 2. The number of nitrogens with one attached hydrogen (secondary N) is 1. The van der Waals surface area contributed by atoms with Crippen molar-refractivity contribution in [2.45, 2.75) is 45.4 Å². The van der Waals surface area contributed by atoms with Crippen LogP contribution < -0.4 is 10.9 Å². The number of para-hydroxylation sites is 1. The first kappa shape index (κ1) is 23.0. The van der Waals surface area contributed by atoms with Crippen LogP contribution in [0.3, 0.4) is 0 Å². The Morgan fingerprint density at radius 2 is 1.87 bits per heavy atom. The summed E-state index contributed by atoms with van der Waals surface area (Å²) in [6, 6.07) is 13.3. The van der Waals surface area contributed by atoms with Crippen LogP contribution in [-0.4, -0.2) is 40.5 Å². The van der Waals surface area contributed by atoms with Gasteiger partial charge in [0.1, 0.15) is 0 Å². The molecule has 1 heterocycles. The van der Waals surface area contributed by atoms with E-state index in [0.29, 0.717) is 29.2 Å². The second kappa shape index (κ2) is 10.6. The Kier molecular flexibility index (Phi) is 7.87. The Balaban J connectivity index is 1.82. The number of thioether (sulfide) groups is 1. The van der Waals surface area contributed by atoms with Crippen LogP contribution in [0.15, 0.2) is 52.4 Å². The lowest BCUT2D eigenvalue weighted by molar-refractivity contribution is -0.118. The van der Waals surface area contributed by atoms with Crippen LogP contribution in [0.4, 0.5) is 0 Å². The fraction of sp³-hybridized carbons (Fsp3) is 0.375. The molecule has 164 valence electrons. The fourth-order valence-electron chi connectivity index (χ4n) is 3.32.